The topological polar surface area (TPSA) is 21.3 Å². The van der Waals surface area contributed by atoms with Gasteiger partial charge in [0.15, 0.2) is 0 Å². The molecule has 1 aliphatic carbocycles. The summed E-state index contributed by atoms with van der Waals surface area (Å²) >= 11 is 0. The summed E-state index contributed by atoms with van der Waals surface area (Å²) in [4.78, 5) is 0. The van der Waals surface area contributed by atoms with E-state index in [0.29, 0.717) is 6.04 Å². The predicted octanol–water partition coefficient (Wildman–Crippen LogP) is 4.10. The van der Waals surface area contributed by atoms with E-state index in [1.165, 1.54) is 43.2 Å². The molecule has 1 heterocycles. The second-order valence-corrected chi connectivity index (χ2v) is 6.43. The van der Waals surface area contributed by atoms with Gasteiger partial charge >= 0.3 is 0 Å². The van der Waals surface area contributed by atoms with E-state index < -0.39 is 0 Å². The minimum absolute atomic E-state index is 0.509. The van der Waals surface area contributed by atoms with Crippen LogP contribution < -0.4 is 10.1 Å². The van der Waals surface area contributed by atoms with Crippen LogP contribution in [0.3, 0.4) is 0 Å². The van der Waals surface area contributed by atoms with Gasteiger partial charge in [-0.15, -0.1) is 0 Å². The number of hydrogen-bond donors (Lipinski definition) is 1. The Labute approximate surface area is 122 Å². The Hall–Kier alpha value is -1.02. The molecule has 1 fully saturated rings. The summed E-state index contributed by atoms with van der Waals surface area (Å²) in [6, 6.07) is 7.32. The zero-order chi connectivity index (χ0) is 13.9. The van der Waals surface area contributed by atoms with Crippen molar-refractivity contribution in [3.05, 3.63) is 29.3 Å². The Morgan fingerprint density at radius 1 is 1.35 bits per heavy atom. The van der Waals surface area contributed by atoms with Crippen molar-refractivity contribution in [1.29, 1.82) is 0 Å². The molecule has 1 aliphatic heterocycles. The second kappa shape index (κ2) is 6.17. The average molecular weight is 273 g/mol. The molecule has 1 aromatic carbocycles. The zero-order valence-corrected chi connectivity index (χ0v) is 12.8. The standard InChI is InChI=1S/C18H27NO/c1-3-13-5-4-6-15(11-13)18(19-2)16-7-8-17-14(12-16)9-10-20-17/h7-8,12-13,15,18-19H,3-6,9-11H2,1-2H3. The lowest BCUT2D eigenvalue weighted by atomic mass is 9.75. The first-order chi connectivity index (χ1) is 9.81. The van der Waals surface area contributed by atoms with Crippen LogP contribution in [0.15, 0.2) is 18.2 Å². The third-order valence-corrected chi connectivity index (χ3v) is 5.26. The molecule has 0 bridgehead atoms. The van der Waals surface area contributed by atoms with Crippen molar-refractivity contribution in [2.45, 2.75) is 51.5 Å². The van der Waals surface area contributed by atoms with E-state index in [4.69, 9.17) is 4.74 Å². The normalized spacial score (nSPS) is 26.9. The van der Waals surface area contributed by atoms with Crippen molar-refractivity contribution in [3.63, 3.8) is 0 Å². The lowest BCUT2D eigenvalue weighted by Gasteiger charge is -2.34. The highest BCUT2D eigenvalue weighted by Gasteiger charge is 2.28. The molecular weight excluding hydrogens is 246 g/mol. The van der Waals surface area contributed by atoms with E-state index in [0.717, 1.165) is 30.6 Å². The maximum absolute atomic E-state index is 5.63. The summed E-state index contributed by atoms with van der Waals surface area (Å²) in [5.41, 5.74) is 2.85. The minimum Gasteiger partial charge on any atom is -0.493 e. The van der Waals surface area contributed by atoms with Gasteiger partial charge in [0.2, 0.25) is 0 Å². The first-order valence-corrected chi connectivity index (χ1v) is 8.24. The maximum atomic E-state index is 5.63. The highest BCUT2D eigenvalue weighted by atomic mass is 16.5. The molecule has 0 saturated heterocycles. The quantitative estimate of drug-likeness (QED) is 0.892. The SMILES string of the molecule is CCC1CCCC(C(NC)c2ccc3c(c2)CCO3)C1. The maximum Gasteiger partial charge on any atom is 0.122 e. The summed E-state index contributed by atoms with van der Waals surface area (Å²) in [6.07, 6.45) is 7.99. The van der Waals surface area contributed by atoms with Crippen LogP contribution in [0.5, 0.6) is 5.75 Å². The molecule has 3 atom stereocenters. The smallest absolute Gasteiger partial charge is 0.122 e. The van der Waals surface area contributed by atoms with Gasteiger partial charge in [-0.2, -0.15) is 0 Å². The first kappa shape index (κ1) is 13.9. The Bertz CT molecular complexity index is 457. The molecule has 0 radical (unpaired) electrons. The van der Waals surface area contributed by atoms with Crippen LogP contribution in [0.25, 0.3) is 0 Å². The average Bonchev–Trinajstić information content (AvgIpc) is 2.96. The van der Waals surface area contributed by atoms with Gasteiger partial charge in [0.25, 0.3) is 0 Å². The molecule has 0 amide bonds. The number of rotatable bonds is 4. The number of hydrogen-bond acceptors (Lipinski definition) is 2. The summed E-state index contributed by atoms with van der Waals surface area (Å²) in [6.45, 7) is 3.19. The molecule has 0 aromatic heterocycles. The van der Waals surface area contributed by atoms with Crippen molar-refractivity contribution >= 4 is 0 Å². The van der Waals surface area contributed by atoms with Gasteiger partial charge in [-0.1, -0.05) is 38.3 Å². The highest BCUT2D eigenvalue weighted by molar-refractivity contribution is 5.41. The van der Waals surface area contributed by atoms with Gasteiger partial charge < -0.3 is 10.1 Å². The summed E-state index contributed by atoms with van der Waals surface area (Å²) in [5, 5.41) is 3.58. The Morgan fingerprint density at radius 2 is 2.25 bits per heavy atom. The van der Waals surface area contributed by atoms with Gasteiger partial charge in [0.05, 0.1) is 6.61 Å². The largest absolute Gasteiger partial charge is 0.493 e. The van der Waals surface area contributed by atoms with Gasteiger partial charge in [0.1, 0.15) is 5.75 Å². The third kappa shape index (κ3) is 2.71. The van der Waals surface area contributed by atoms with Crippen molar-refractivity contribution in [2.75, 3.05) is 13.7 Å². The number of benzene rings is 1. The van der Waals surface area contributed by atoms with Crippen LogP contribution >= 0.6 is 0 Å². The molecule has 1 N–H and O–H groups in total. The monoisotopic (exact) mass is 273 g/mol. The molecule has 110 valence electrons. The van der Waals surface area contributed by atoms with Gasteiger partial charge in [-0.3, -0.25) is 0 Å². The fraction of sp³-hybridized carbons (Fsp3) is 0.667. The Morgan fingerprint density at radius 3 is 3.05 bits per heavy atom. The first-order valence-electron chi connectivity index (χ1n) is 8.24. The second-order valence-electron chi connectivity index (χ2n) is 6.43. The van der Waals surface area contributed by atoms with Gasteiger partial charge in [-0.05, 0) is 48.9 Å². The van der Waals surface area contributed by atoms with Crippen LogP contribution in [0.4, 0.5) is 0 Å². The molecule has 2 nitrogen and oxygen atoms in total. The van der Waals surface area contributed by atoms with E-state index >= 15 is 0 Å². The lowest BCUT2D eigenvalue weighted by Crippen LogP contribution is -2.29. The molecule has 20 heavy (non-hydrogen) atoms. The van der Waals surface area contributed by atoms with E-state index in [1.54, 1.807) is 0 Å². The number of fused-ring (bicyclic) bond motifs is 1. The minimum atomic E-state index is 0.509. The molecule has 3 unspecified atom stereocenters. The van der Waals surface area contributed by atoms with E-state index in [2.05, 4.69) is 37.5 Å². The van der Waals surface area contributed by atoms with Gasteiger partial charge in [-0.25, -0.2) is 0 Å². The van der Waals surface area contributed by atoms with Crippen LogP contribution in [0.1, 0.15) is 56.2 Å². The Balaban J connectivity index is 1.78. The van der Waals surface area contributed by atoms with Crippen LogP contribution in [0, 0.1) is 11.8 Å². The van der Waals surface area contributed by atoms with Crippen LogP contribution in [0.2, 0.25) is 0 Å². The molecule has 3 rings (SSSR count). The fourth-order valence-electron chi connectivity index (χ4n) is 4.08. The molecule has 1 aromatic rings. The zero-order valence-electron chi connectivity index (χ0n) is 12.8. The van der Waals surface area contributed by atoms with E-state index in [1.807, 2.05) is 0 Å². The van der Waals surface area contributed by atoms with Crippen LogP contribution in [-0.2, 0) is 6.42 Å². The predicted molar refractivity (Wildman–Crippen MR) is 83.2 cm³/mol. The third-order valence-electron chi connectivity index (χ3n) is 5.26. The lowest BCUT2D eigenvalue weighted by molar-refractivity contribution is 0.214. The molecular formula is C18H27NO. The summed E-state index contributed by atoms with van der Waals surface area (Å²) < 4.78 is 5.63. The van der Waals surface area contributed by atoms with Gasteiger partial charge in [0, 0.05) is 12.5 Å². The summed E-state index contributed by atoms with van der Waals surface area (Å²) in [5.74, 6) is 2.82. The van der Waals surface area contributed by atoms with E-state index in [9.17, 15) is 0 Å². The van der Waals surface area contributed by atoms with Crippen molar-refractivity contribution < 1.29 is 4.74 Å². The van der Waals surface area contributed by atoms with Crippen molar-refractivity contribution in [3.8, 4) is 5.75 Å². The highest BCUT2D eigenvalue weighted by Crippen LogP contribution is 2.39. The van der Waals surface area contributed by atoms with Crippen molar-refractivity contribution in [2.24, 2.45) is 11.8 Å². The van der Waals surface area contributed by atoms with Crippen LogP contribution in [-0.4, -0.2) is 13.7 Å². The molecule has 2 heteroatoms. The number of nitrogens with one attached hydrogen (secondary N) is 1. The fourth-order valence-corrected chi connectivity index (χ4v) is 4.08. The van der Waals surface area contributed by atoms with Crippen molar-refractivity contribution in [1.82, 2.24) is 5.32 Å². The molecule has 0 spiro atoms. The molecule has 2 aliphatic rings. The molecule has 1 saturated carbocycles. The summed E-state index contributed by atoms with van der Waals surface area (Å²) in [7, 11) is 2.12. The van der Waals surface area contributed by atoms with E-state index in [-0.39, 0.29) is 0 Å². The number of ether oxygens (including phenoxy) is 1. The Kier molecular flexibility index (Phi) is 4.30.